The van der Waals surface area contributed by atoms with E-state index in [9.17, 15) is 9.59 Å². The molecule has 1 fully saturated rings. The minimum absolute atomic E-state index is 0.00540. The highest BCUT2D eigenvalue weighted by molar-refractivity contribution is 6.31. The number of nitrogens with zero attached hydrogens (tertiary/aromatic N) is 1. The van der Waals surface area contributed by atoms with E-state index in [2.05, 4.69) is 25.2 Å². The van der Waals surface area contributed by atoms with E-state index in [0.717, 1.165) is 22.4 Å². The average Bonchev–Trinajstić information content (AvgIpc) is 3.00. The molecule has 1 N–H and O–H groups in total. The molecule has 5 heteroatoms. The number of hydrogen-bond donors (Lipinski definition) is 1. The van der Waals surface area contributed by atoms with Gasteiger partial charge in [-0.3, -0.25) is 9.59 Å². The summed E-state index contributed by atoms with van der Waals surface area (Å²) in [5.74, 6) is -0.227. The van der Waals surface area contributed by atoms with Crippen LogP contribution in [0.2, 0.25) is 5.02 Å². The standard InChI is InChI=1S/C22H25ClN2O2/c1-13(2)17-8-5-7-14(3)21(17)25-12-16(11-20(25)26)22(27)24-19-10-6-9-18(23)15(19)4/h5-10,13,16H,11-12H2,1-4H3,(H,24,27). The number of carbonyl (C=O) groups is 2. The van der Waals surface area contributed by atoms with Crippen LogP contribution in [0.1, 0.15) is 42.9 Å². The quantitative estimate of drug-likeness (QED) is 0.799. The van der Waals surface area contributed by atoms with Crippen molar-refractivity contribution >= 4 is 34.8 Å². The van der Waals surface area contributed by atoms with Gasteiger partial charge in [0.2, 0.25) is 11.8 Å². The maximum absolute atomic E-state index is 12.8. The normalized spacial score (nSPS) is 16.9. The molecule has 0 spiro atoms. The number of halogens is 1. The summed E-state index contributed by atoms with van der Waals surface area (Å²) in [6.07, 6.45) is 0.220. The molecule has 3 rings (SSSR count). The first kappa shape index (κ1) is 19.4. The highest BCUT2D eigenvalue weighted by atomic mass is 35.5. The number of amides is 2. The van der Waals surface area contributed by atoms with Crippen molar-refractivity contribution in [2.75, 3.05) is 16.8 Å². The third kappa shape index (κ3) is 3.86. The van der Waals surface area contributed by atoms with Crippen LogP contribution in [0.25, 0.3) is 0 Å². The van der Waals surface area contributed by atoms with Gasteiger partial charge in [-0.15, -0.1) is 0 Å². The zero-order chi connectivity index (χ0) is 19.7. The van der Waals surface area contributed by atoms with E-state index in [4.69, 9.17) is 11.6 Å². The highest BCUT2D eigenvalue weighted by Crippen LogP contribution is 2.35. The zero-order valence-corrected chi connectivity index (χ0v) is 16.9. The molecule has 0 aliphatic carbocycles. The highest BCUT2D eigenvalue weighted by Gasteiger charge is 2.36. The Morgan fingerprint density at radius 2 is 1.89 bits per heavy atom. The van der Waals surface area contributed by atoms with E-state index in [1.54, 1.807) is 17.0 Å². The van der Waals surface area contributed by atoms with Gasteiger partial charge in [0.15, 0.2) is 0 Å². The van der Waals surface area contributed by atoms with Crippen molar-refractivity contribution < 1.29 is 9.59 Å². The van der Waals surface area contributed by atoms with Gasteiger partial charge in [-0.05, 0) is 48.6 Å². The molecular weight excluding hydrogens is 360 g/mol. The molecule has 0 bridgehead atoms. The van der Waals surface area contributed by atoms with Gasteiger partial charge in [0, 0.05) is 29.4 Å². The van der Waals surface area contributed by atoms with E-state index in [1.807, 2.05) is 32.0 Å². The summed E-state index contributed by atoms with van der Waals surface area (Å²) in [6.45, 7) is 8.51. The van der Waals surface area contributed by atoms with Crippen molar-refractivity contribution in [3.63, 3.8) is 0 Å². The second-order valence-corrected chi connectivity index (χ2v) is 7.88. The summed E-state index contributed by atoms with van der Waals surface area (Å²) in [5, 5.41) is 3.54. The summed E-state index contributed by atoms with van der Waals surface area (Å²) < 4.78 is 0. The van der Waals surface area contributed by atoms with Gasteiger partial charge < -0.3 is 10.2 Å². The van der Waals surface area contributed by atoms with E-state index in [-0.39, 0.29) is 24.2 Å². The Balaban J connectivity index is 1.82. The zero-order valence-electron chi connectivity index (χ0n) is 16.2. The van der Waals surface area contributed by atoms with Crippen molar-refractivity contribution in [1.29, 1.82) is 0 Å². The fourth-order valence-corrected chi connectivity index (χ4v) is 3.77. The molecule has 4 nitrogen and oxygen atoms in total. The van der Waals surface area contributed by atoms with Crippen LogP contribution in [0, 0.1) is 19.8 Å². The topological polar surface area (TPSA) is 49.4 Å². The molecule has 2 amide bonds. The predicted molar refractivity (Wildman–Crippen MR) is 111 cm³/mol. The molecule has 1 aliphatic rings. The molecule has 1 saturated heterocycles. The molecule has 1 unspecified atom stereocenters. The largest absolute Gasteiger partial charge is 0.325 e. The monoisotopic (exact) mass is 384 g/mol. The van der Waals surface area contributed by atoms with Crippen LogP contribution in [-0.4, -0.2) is 18.4 Å². The van der Waals surface area contributed by atoms with Crippen LogP contribution in [0.3, 0.4) is 0 Å². The van der Waals surface area contributed by atoms with Crippen molar-refractivity contribution in [3.8, 4) is 0 Å². The molecule has 2 aromatic carbocycles. The smallest absolute Gasteiger partial charge is 0.229 e. The summed E-state index contributed by atoms with van der Waals surface area (Å²) >= 11 is 6.13. The Bertz CT molecular complexity index is 892. The summed E-state index contributed by atoms with van der Waals surface area (Å²) in [7, 11) is 0. The molecule has 2 aromatic rings. The first-order chi connectivity index (χ1) is 12.8. The van der Waals surface area contributed by atoms with E-state index in [1.165, 1.54) is 0 Å². The van der Waals surface area contributed by atoms with Crippen LogP contribution in [0.4, 0.5) is 11.4 Å². The fraction of sp³-hybridized carbons (Fsp3) is 0.364. The Labute approximate surface area is 165 Å². The van der Waals surface area contributed by atoms with Gasteiger partial charge in [-0.1, -0.05) is 49.7 Å². The number of nitrogens with one attached hydrogen (secondary N) is 1. The summed E-state index contributed by atoms with van der Waals surface area (Å²) in [6, 6.07) is 11.5. The second-order valence-electron chi connectivity index (χ2n) is 7.47. The Kier molecular flexibility index (Phi) is 5.56. The van der Waals surface area contributed by atoms with Crippen LogP contribution in [0.15, 0.2) is 36.4 Å². The lowest BCUT2D eigenvalue weighted by Crippen LogP contribution is -2.29. The van der Waals surface area contributed by atoms with E-state index in [0.29, 0.717) is 23.2 Å². The molecule has 0 saturated carbocycles. The summed E-state index contributed by atoms with van der Waals surface area (Å²) in [4.78, 5) is 27.3. The predicted octanol–water partition coefficient (Wildman–Crippen LogP) is 5.07. The number of para-hydroxylation sites is 1. The molecule has 1 heterocycles. The molecule has 1 aliphatic heterocycles. The van der Waals surface area contributed by atoms with E-state index >= 15 is 0 Å². The van der Waals surface area contributed by atoms with Gasteiger partial charge in [-0.25, -0.2) is 0 Å². The molecule has 27 heavy (non-hydrogen) atoms. The van der Waals surface area contributed by atoms with Crippen molar-refractivity contribution in [1.82, 2.24) is 0 Å². The van der Waals surface area contributed by atoms with Gasteiger partial charge in [0.05, 0.1) is 5.92 Å². The minimum atomic E-state index is -0.379. The lowest BCUT2D eigenvalue weighted by Gasteiger charge is -2.24. The van der Waals surface area contributed by atoms with Crippen LogP contribution < -0.4 is 10.2 Å². The Hall–Kier alpha value is -2.33. The number of benzene rings is 2. The maximum atomic E-state index is 12.8. The number of hydrogen-bond acceptors (Lipinski definition) is 2. The third-order valence-corrected chi connectivity index (χ3v) is 5.59. The van der Waals surface area contributed by atoms with Crippen LogP contribution in [-0.2, 0) is 9.59 Å². The van der Waals surface area contributed by atoms with Crippen molar-refractivity contribution in [2.45, 2.75) is 40.0 Å². The van der Waals surface area contributed by atoms with Crippen LogP contribution in [0.5, 0.6) is 0 Å². The van der Waals surface area contributed by atoms with Gasteiger partial charge >= 0.3 is 0 Å². The third-order valence-electron chi connectivity index (χ3n) is 5.18. The summed E-state index contributed by atoms with van der Waals surface area (Å²) in [5.41, 5.74) is 4.66. The molecule has 1 atom stereocenters. The number of anilines is 2. The molecule has 142 valence electrons. The molecule has 0 aromatic heterocycles. The Morgan fingerprint density at radius 1 is 1.19 bits per heavy atom. The van der Waals surface area contributed by atoms with Gasteiger partial charge in [-0.2, -0.15) is 0 Å². The lowest BCUT2D eigenvalue weighted by atomic mass is 9.97. The minimum Gasteiger partial charge on any atom is -0.325 e. The molecule has 0 radical (unpaired) electrons. The number of carbonyl (C=O) groups excluding carboxylic acids is 2. The molecular formula is C22H25ClN2O2. The maximum Gasteiger partial charge on any atom is 0.229 e. The van der Waals surface area contributed by atoms with Crippen molar-refractivity contribution in [3.05, 3.63) is 58.1 Å². The first-order valence-electron chi connectivity index (χ1n) is 9.25. The van der Waals surface area contributed by atoms with Crippen molar-refractivity contribution in [2.24, 2.45) is 5.92 Å². The van der Waals surface area contributed by atoms with Crippen LogP contribution >= 0.6 is 11.6 Å². The fourth-order valence-electron chi connectivity index (χ4n) is 3.59. The van der Waals surface area contributed by atoms with Gasteiger partial charge in [0.1, 0.15) is 0 Å². The second kappa shape index (κ2) is 7.73. The SMILES string of the molecule is Cc1cccc(C(C)C)c1N1CC(C(=O)Nc2cccc(Cl)c2C)CC1=O. The average molecular weight is 385 g/mol. The van der Waals surface area contributed by atoms with Gasteiger partial charge in [0.25, 0.3) is 0 Å². The Morgan fingerprint density at radius 3 is 2.59 bits per heavy atom. The van der Waals surface area contributed by atoms with E-state index < -0.39 is 0 Å². The number of aryl methyl sites for hydroxylation is 1. The first-order valence-corrected chi connectivity index (χ1v) is 9.63. The lowest BCUT2D eigenvalue weighted by molar-refractivity contribution is -0.122. The number of rotatable bonds is 4.